The molecule has 1 heterocycles. The van der Waals surface area contributed by atoms with Gasteiger partial charge in [0.1, 0.15) is 5.69 Å². The third-order valence-corrected chi connectivity index (χ3v) is 2.20. The van der Waals surface area contributed by atoms with Gasteiger partial charge in [0.15, 0.2) is 0 Å². The molecule has 0 saturated heterocycles. The van der Waals surface area contributed by atoms with E-state index in [1.54, 1.807) is 0 Å². The molecule has 84 valence electrons. The van der Waals surface area contributed by atoms with Gasteiger partial charge in [-0.25, -0.2) is 4.98 Å². The summed E-state index contributed by atoms with van der Waals surface area (Å²) >= 11 is 0. The number of rotatable bonds is 0. The van der Waals surface area contributed by atoms with Gasteiger partial charge >= 0.3 is 6.18 Å². The number of aromatic amines is 1. The van der Waals surface area contributed by atoms with E-state index in [1.807, 2.05) is 0 Å². The van der Waals surface area contributed by atoms with Crippen molar-refractivity contribution in [1.82, 2.24) is 9.97 Å². The number of hydrogen-bond acceptors (Lipinski definition) is 2. The second-order valence-corrected chi connectivity index (χ2v) is 3.35. The van der Waals surface area contributed by atoms with E-state index in [9.17, 15) is 18.0 Å². The first kappa shape index (κ1) is 10.7. The fraction of sp³-hybridized carbons (Fsp3) is 0.200. The molecule has 0 fully saturated rings. The summed E-state index contributed by atoms with van der Waals surface area (Å²) < 4.78 is 37.8. The normalized spacial score (nSPS) is 12.0. The molecule has 1 aromatic heterocycles. The highest BCUT2D eigenvalue weighted by atomic mass is 19.4. The van der Waals surface area contributed by atoms with E-state index in [0.717, 1.165) is 6.07 Å². The first-order chi connectivity index (χ1) is 7.39. The summed E-state index contributed by atoms with van der Waals surface area (Å²) in [5, 5.41) is 0. The van der Waals surface area contributed by atoms with Gasteiger partial charge in [0.05, 0.1) is 16.6 Å². The van der Waals surface area contributed by atoms with Gasteiger partial charge in [-0.05, 0) is 19.1 Å². The predicted octanol–water partition coefficient (Wildman–Crippen LogP) is 2.25. The lowest BCUT2D eigenvalue weighted by atomic mass is 10.1. The number of nitrogens with zero attached hydrogens (tertiary/aromatic N) is 1. The van der Waals surface area contributed by atoms with Gasteiger partial charge in [0.2, 0.25) is 0 Å². The Bertz CT molecular complexity index is 601. The molecule has 0 aliphatic heterocycles. The summed E-state index contributed by atoms with van der Waals surface area (Å²) in [7, 11) is 0. The number of para-hydroxylation sites is 1. The Hall–Kier alpha value is -1.85. The molecule has 6 heteroatoms. The Labute approximate surface area is 87.9 Å². The second-order valence-electron chi connectivity index (χ2n) is 3.35. The van der Waals surface area contributed by atoms with E-state index in [4.69, 9.17) is 0 Å². The quantitative estimate of drug-likeness (QED) is 0.751. The highest BCUT2D eigenvalue weighted by molar-refractivity contribution is 5.78. The number of benzene rings is 1. The van der Waals surface area contributed by atoms with Crippen molar-refractivity contribution in [3.05, 3.63) is 39.8 Å². The summed E-state index contributed by atoms with van der Waals surface area (Å²) in [4.78, 5) is 17.2. The Morgan fingerprint density at radius 3 is 2.62 bits per heavy atom. The molecule has 3 nitrogen and oxygen atoms in total. The minimum Gasteiger partial charge on any atom is -0.319 e. The molecule has 0 spiro atoms. The van der Waals surface area contributed by atoms with Crippen LogP contribution in [-0.2, 0) is 6.18 Å². The van der Waals surface area contributed by atoms with Crippen LogP contribution in [0.25, 0.3) is 11.0 Å². The number of nitrogens with one attached hydrogen (secondary N) is 1. The van der Waals surface area contributed by atoms with E-state index in [-0.39, 0.29) is 16.7 Å². The third kappa shape index (κ3) is 1.66. The SMILES string of the molecule is Cc1nc2cccc(C(F)(F)F)c2[nH]c1=O. The summed E-state index contributed by atoms with van der Waals surface area (Å²) in [5.41, 5.74) is -1.48. The number of aryl methyl sites for hydroxylation is 1. The van der Waals surface area contributed by atoms with E-state index in [2.05, 4.69) is 9.97 Å². The number of hydrogen-bond donors (Lipinski definition) is 1. The summed E-state index contributed by atoms with van der Waals surface area (Å²) in [6, 6.07) is 3.60. The van der Waals surface area contributed by atoms with Crippen LogP contribution in [0.2, 0.25) is 0 Å². The molecule has 0 unspecified atom stereocenters. The topological polar surface area (TPSA) is 45.8 Å². The minimum atomic E-state index is -4.50. The lowest BCUT2D eigenvalue weighted by Crippen LogP contribution is -2.15. The molecule has 0 atom stereocenters. The van der Waals surface area contributed by atoms with E-state index >= 15 is 0 Å². The largest absolute Gasteiger partial charge is 0.418 e. The van der Waals surface area contributed by atoms with Crippen molar-refractivity contribution < 1.29 is 13.2 Å². The van der Waals surface area contributed by atoms with E-state index < -0.39 is 17.3 Å². The molecule has 16 heavy (non-hydrogen) atoms. The molecule has 2 rings (SSSR count). The van der Waals surface area contributed by atoms with Crippen molar-refractivity contribution in [2.75, 3.05) is 0 Å². The molecule has 0 saturated carbocycles. The van der Waals surface area contributed by atoms with Crippen molar-refractivity contribution in [2.24, 2.45) is 0 Å². The van der Waals surface area contributed by atoms with Crippen molar-refractivity contribution in [2.45, 2.75) is 13.1 Å². The number of halogens is 3. The Balaban J connectivity index is 2.88. The lowest BCUT2D eigenvalue weighted by molar-refractivity contribution is -0.136. The zero-order valence-corrected chi connectivity index (χ0v) is 8.22. The maximum atomic E-state index is 12.6. The molecule has 0 aliphatic carbocycles. The van der Waals surface area contributed by atoms with Crippen molar-refractivity contribution in [1.29, 1.82) is 0 Å². The molecule has 0 amide bonds. The fourth-order valence-corrected chi connectivity index (χ4v) is 1.44. The first-order valence-corrected chi connectivity index (χ1v) is 4.46. The monoisotopic (exact) mass is 228 g/mol. The van der Waals surface area contributed by atoms with Crippen LogP contribution in [-0.4, -0.2) is 9.97 Å². The van der Waals surface area contributed by atoms with Gasteiger partial charge in [0.25, 0.3) is 5.56 Å². The van der Waals surface area contributed by atoms with E-state index in [1.165, 1.54) is 19.1 Å². The Morgan fingerprint density at radius 2 is 2.00 bits per heavy atom. The molecular formula is C10H7F3N2O. The maximum Gasteiger partial charge on any atom is 0.418 e. The van der Waals surface area contributed by atoms with Crippen LogP contribution in [0, 0.1) is 6.92 Å². The molecule has 0 bridgehead atoms. The van der Waals surface area contributed by atoms with Gasteiger partial charge in [0, 0.05) is 0 Å². The molecule has 2 aromatic rings. The molecule has 1 N–H and O–H groups in total. The minimum absolute atomic E-state index is 0.131. The summed E-state index contributed by atoms with van der Waals surface area (Å²) in [5.74, 6) is 0. The highest BCUT2D eigenvalue weighted by Gasteiger charge is 2.33. The number of fused-ring (bicyclic) bond motifs is 1. The van der Waals surface area contributed by atoms with Gasteiger partial charge in [-0.2, -0.15) is 13.2 Å². The first-order valence-electron chi connectivity index (χ1n) is 4.46. The molecule has 1 aromatic carbocycles. The zero-order chi connectivity index (χ0) is 11.9. The third-order valence-electron chi connectivity index (χ3n) is 2.20. The van der Waals surface area contributed by atoms with Gasteiger partial charge in [-0.1, -0.05) is 6.07 Å². The van der Waals surface area contributed by atoms with Crippen molar-refractivity contribution >= 4 is 11.0 Å². The van der Waals surface area contributed by atoms with Crippen LogP contribution in [0.3, 0.4) is 0 Å². The summed E-state index contributed by atoms with van der Waals surface area (Å²) in [6.45, 7) is 1.44. The van der Waals surface area contributed by atoms with Gasteiger partial charge in [-0.3, -0.25) is 4.79 Å². The molecular weight excluding hydrogens is 221 g/mol. The van der Waals surface area contributed by atoms with Crippen molar-refractivity contribution in [3.63, 3.8) is 0 Å². The lowest BCUT2D eigenvalue weighted by Gasteiger charge is -2.09. The van der Waals surface area contributed by atoms with Crippen molar-refractivity contribution in [3.8, 4) is 0 Å². The number of aromatic nitrogens is 2. The maximum absolute atomic E-state index is 12.6. The number of H-pyrrole nitrogens is 1. The fourth-order valence-electron chi connectivity index (χ4n) is 1.44. The Morgan fingerprint density at radius 1 is 1.31 bits per heavy atom. The van der Waals surface area contributed by atoms with Crippen LogP contribution in [0.5, 0.6) is 0 Å². The smallest absolute Gasteiger partial charge is 0.319 e. The Kier molecular flexibility index (Phi) is 2.22. The van der Waals surface area contributed by atoms with E-state index in [0.29, 0.717) is 0 Å². The average Bonchev–Trinajstić information content (AvgIpc) is 2.17. The summed E-state index contributed by atoms with van der Waals surface area (Å²) in [6.07, 6.45) is -4.50. The van der Waals surface area contributed by atoms with Crippen LogP contribution in [0.1, 0.15) is 11.3 Å². The van der Waals surface area contributed by atoms with Crippen LogP contribution < -0.4 is 5.56 Å². The zero-order valence-electron chi connectivity index (χ0n) is 8.22. The van der Waals surface area contributed by atoms with Crippen LogP contribution in [0.15, 0.2) is 23.0 Å². The van der Waals surface area contributed by atoms with Crippen LogP contribution in [0.4, 0.5) is 13.2 Å². The second kappa shape index (κ2) is 3.33. The van der Waals surface area contributed by atoms with Gasteiger partial charge in [-0.15, -0.1) is 0 Å². The van der Waals surface area contributed by atoms with Gasteiger partial charge < -0.3 is 4.98 Å². The predicted molar refractivity (Wildman–Crippen MR) is 52.1 cm³/mol. The standard InChI is InChI=1S/C10H7F3N2O/c1-5-9(16)15-8-6(10(11,12)13)3-2-4-7(8)14-5/h2-4H,1H3,(H,15,16). The number of alkyl halides is 3. The molecule has 0 radical (unpaired) electrons. The highest BCUT2D eigenvalue weighted by Crippen LogP contribution is 2.32. The average molecular weight is 228 g/mol. The van der Waals surface area contributed by atoms with Crippen LogP contribution >= 0.6 is 0 Å². The molecule has 0 aliphatic rings.